The fourth-order valence-electron chi connectivity index (χ4n) is 4.34. The Morgan fingerprint density at radius 2 is 1.50 bits per heavy atom. The summed E-state index contributed by atoms with van der Waals surface area (Å²) in [5.74, 6) is 1.84. The van der Waals surface area contributed by atoms with E-state index < -0.39 is 5.60 Å². The van der Waals surface area contributed by atoms with E-state index in [4.69, 9.17) is 9.47 Å². The van der Waals surface area contributed by atoms with E-state index in [-0.39, 0.29) is 6.10 Å². The molecule has 114 valence electrons. The zero-order chi connectivity index (χ0) is 15.7. The van der Waals surface area contributed by atoms with Gasteiger partial charge in [-0.2, -0.15) is 0 Å². The highest BCUT2D eigenvalue weighted by atomic mass is 16.6. The molecule has 0 aromatic heterocycles. The van der Waals surface area contributed by atoms with Crippen molar-refractivity contribution in [3.8, 4) is 11.5 Å². The molecule has 2 heterocycles. The fraction of sp³-hybridized carbons (Fsp3) is 0.0909. The SMILES string of the molecule is C1=C2c3ccccc3O[C@H]3c4ccccc4OC23c2ccccc21. The molecule has 2 heteroatoms. The maximum absolute atomic E-state index is 6.61. The Bertz CT molecular complexity index is 1030. The maximum atomic E-state index is 6.61. The molecule has 2 aliphatic heterocycles. The van der Waals surface area contributed by atoms with E-state index in [1.165, 1.54) is 16.7 Å². The van der Waals surface area contributed by atoms with Crippen molar-refractivity contribution in [2.75, 3.05) is 0 Å². The lowest BCUT2D eigenvalue weighted by Gasteiger charge is -2.39. The van der Waals surface area contributed by atoms with Crippen LogP contribution in [0.4, 0.5) is 0 Å². The average molecular weight is 310 g/mol. The van der Waals surface area contributed by atoms with Crippen LogP contribution in [0.5, 0.6) is 11.5 Å². The Morgan fingerprint density at radius 3 is 2.46 bits per heavy atom. The number of ether oxygens (including phenoxy) is 2. The normalized spacial score (nSPS) is 24.5. The highest BCUT2D eigenvalue weighted by molar-refractivity contribution is 5.97. The van der Waals surface area contributed by atoms with Crippen molar-refractivity contribution in [2.45, 2.75) is 11.7 Å². The van der Waals surface area contributed by atoms with Gasteiger partial charge in [0.25, 0.3) is 0 Å². The molecule has 1 aliphatic carbocycles. The highest BCUT2D eigenvalue weighted by Crippen LogP contribution is 2.64. The number of hydrogen-bond acceptors (Lipinski definition) is 2. The summed E-state index contributed by atoms with van der Waals surface area (Å²) in [5, 5.41) is 0. The van der Waals surface area contributed by atoms with Crippen molar-refractivity contribution < 1.29 is 9.47 Å². The molecule has 6 rings (SSSR count). The van der Waals surface area contributed by atoms with Crippen LogP contribution in [0.3, 0.4) is 0 Å². The van der Waals surface area contributed by atoms with Crippen LogP contribution in [-0.4, -0.2) is 0 Å². The minimum absolute atomic E-state index is 0.154. The third-order valence-electron chi connectivity index (χ3n) is 5.32. The molecule has 3 aromatic rings. The van der Waals surface area contributed by atoms with Gasteiger partial charge in [-0.05, 0) is 23.8 Å². The first-order valence-corrected chi connectivity index (χ1v) is 8.23. The van der Waals surface area contributed by atoms with Gasteiger partial charge >= 0.3 is 0 Å². The van der Waals surface area contributed by atoms with E-state index in [0.717, 1.165) is 22.6 Å². The summed E-state index contributed by atoms with van der Waals surface area (Å²) in [4.78, 5) is 0. The lowest BCUT2D eigenvalue weighted by Crippen LogP contribution is -2.40. The van der Waals surface area contributed by atoms with Crippen molar-refractivity contribution in [1.82, 2.24) is 0 Å². The first-order valence-electron chi connectivity index (χ1n) is 8.23. The van der Waals surface area contributed by atoms with Gasteiger partial charge in [0.2, 0.25) is 5.60 Å². The van der Waals surface area contributed by atoms with Crippen LogP contribution >= 0.6 is 0 Å². The summed E-state index contributed by atoms with van der Waals surface area (Å²) in [6.45, 7) is 0. The summed E-state index contributed by atoms with van der Waals surface area (Å²) < 4.78 is 13.1. The average Bonchev–Trinajstić information content (AvgIpc) is 3.14. The number of hydrogen-bond donors (Lipinski definition) is 0. The van der Waals surface area contributed by atoms with Gasteiger partial charge in [0.15, 0.2) is 6.10 Å². The Labute approximate surface area is 140 Å². The van der Waals surface area contributed by atoms with Crippen LogP contribution in [0.2, 0.25) is 0 Å². The second-order valence-electron chi connectivity index (χ2n) is 6.51. The van der Waals surface area contributed by atoms with Crippen LogP contribution < -0.4 is 9.47 Å². The van der Waals surface area contributed by atoms with Crippen LogP contribution in [0, 0.1) is 0 Å². The molecule has 2 nitrogen and oxygen atoms in total. The summed E-state index contributed by atoms with van der Waals surface area (Å²) in [5.41, 5.74) is 5.27. The van der Waals surface area contributed by atoms with Gasteiger partial charge in [0.1, 0.15) is 11.5 Å². The maximum Gasteiger partial charge on any atom is 0.201 e. The number of para-hydroxylation sites is 2. The fourth-order valence-corrected chi connectivity index (χ4v) is 4.34. The predicted molar refractivity (Wildman–Crippen MR) is 92.9 cm³/mol. The Kier molecular flexibility index (Phi) is 2.12. The Balaban J connectivity index is 1.72. The number of fused-ring (bicyclic) bond motifs is 5. The van der Waals surface area contributed by atoms with Gasteiger partial charge in [-0.15, -0.1) is 0 Å². The molecular formula is C22H14O2. The molecule has 0 bridgehead atoms. The molecule has 3 aliphatic rings. The molecule has 2 atom stereocenters. The molecule has 0 radical (unpaired) electrons. The molecule has 1 spiro atoms. The van der Waals surface area contributed by atoms with Crippen LogP contribution in [-0.2, 0) is 5.60 Å². The van der Waals surface area contributed by atoms with E-state index in [1.54, 1.807) is 0 Å². The second-order valence-corrected chi connectivity index (χ2v) is 6.51. The van der Waals surface area contributed by atoms with E-state index >= 15 is 0 Å². The highest BCUT2D eigenvalue weighted by Gasteiger charge is 2.60. The topological polar surface area (TPSA) is 18.5 Å². The van der Waals surface area contributed by atoms with Crippen molar-refractivity contribution in [1.29, 1.82) is 0 Å². The van der Waals surface area contributed by atoms with Gasteiger partial charge in [-0.3, -0.25) is 0 Å². The molecule has 24 heavy (non-hydrogen) atoms. The number of rotatable bonds is 0. The van der Waals surface area contributed by atoms with Crippen molar-refractivity contribution >= 4 is 11.6 Å². The van der Waals surface area contributed by atoms with Crippen LogP contribution in [0.15, 0.2) is 72.8 Å². The van der Waals surface area contributed by atoms with Crippen LogP contribution in [0.25, 0.3) is 11.6 Å². The molecule has 0 fully saturated rings. The van der Waals surface area contributed by atoms with E-state index in [1.807, 2.05) is 24.3 Å². The standard InChI is InChI=1S/C22H14O2/c1-4-10-17-14(7-1)13-18-15-8-2-5-11-19(15)23-21-16-9-3-6-12-20(16)24-22(17,18)21/h1-13,21H/t21-,22?/m0/s1. The molecular weight excluding hydrogens is 296 g/mol. The van der Waals surface area contributed by atoms with E-state index in [9.17, 15) is 0 Å². The van der Waals surface area contributed by atoms with Gasteiger partial charge in [0, 0.05) is 22.3 Å². The summed E-state index contributed by atoms with van der Waals surface area (Å²) in [6.07, 6.45) is 2.11. The van der Waals surface area contributed by atoms with Gasteiger partial charge < -0.3 is 9.47 Å². The molecule has 1 unspecified atom stereocenters. The van der Waals surface area contributed by atoms with E-state index in [0.29, 0.717) is 0 Å². The third kappa shape index (κ3) is 1.29. The summed E-state index contributed by atoms with van der Waals surface area (Å²) in [6, 6.07) is 24.9. The molecule has 0 N–H and O–H groups in total. The zero-order valence-corrected chi connectivity index (χ0v) is 12.9. The zero-order valence-electron chi connectivity index (χ0n) is 12.9. The van der Waals surface area contributed by atoms with Gasteiger partial charge in [0.05, 0.1) is 0 Å². The first kappa shape index (κ1) is 12.4. The van der Waals surface area contributed by atoms with Crippen molar-refractivity contribution in [3.05, 3.63) is 95.1 Å². The van der Waals surface area contributed by atoms with Gasteiger partial charge in [-0.1, -0.05) is 60.7 Å². The lowest BCUT2D eigenvalue weighted by molar-refractivity contribution is 0.0234. The quantitative estimate of drug-likeness (QED) is 0.584. The summed E-state index contributed by atoms with van der Waals surface area (Å²) in [7, 11) is 0. The number of benzene rings is 3. The third-order valence-corrected chi connectivity index (χ3v) is 5.32. The minimum atomic E-state index is -0.575. The Morgan fingerprint density at radius 1 is 0.750 bits per heavy atom. The molecule has 0 saturated heterocycles. The molecule has 0 saturated carbocycles. The van der Waals surface area contributed by atoms with Gasteiger partial charge in [-0.25, -0.2) is 0 Å². The Hall–Kier alpha value is -3.00. The largest absolute Gasteiger partial charge is 0.480 e. The molecule has 0 amide bonds. The monoisotopic (exact) mass is 310 g/mol. The first-order chi connectivity index (χ1) is 11.9. The smallest absolute Gasteiger partial charge is 0.201 e. The molecule has 3 aromatic carbocycles. The van der Waals surface area contributed by atoms with Crippen LogP contribution in [0.1, 0.15) is 28.4 Å². The lowest BCUT2D eigenvalue weighted by atomic mass is 9.78. The van der Waals surface area contributed by atoms with E-state index in [2.05, 4.69) is 54.6 Å². The second kappa shape index (κ2) is 4.09. The van der Waals surface area contributed by atoms with Crippen molar-refractivity contribution in [2.24, 2.45) is 0 Å². The van der Waals surface area contributed by atoms with Crippen molar-refractivity contribution in [3.63, 3.8) is 0 Å². The predicted octanol–water partition coefficient (Wildman–Crippen LogP) is 4.96. The minimum Gasteiger partial charge on any atom is -0.480 e. The summed E-state index contributed by atoms with van der Waals surface area (Å²) >= 11 is 0.